The number of rotatable bonds is 21. The largest absolute Gasteiger partial charge is 0.481 e. The molecule has 2 aliphatic heterocycles. The number of hydrogen-bond acceptors (Lipinski definition) is 12. The Labute approximate surface area is 282 Å². The number of carbonyl (C=O) groups excluding carboxylic acids is 10. The van der Waals surface area contributed by atoms with Crippen LogP contribution in [0.15, 0.2) is 24.3 Å². The SMILES string of the molecule is O=C(O)CCCNC(=O)CNC(=O)C(NC(=O)CN1C(=O)C=CC1=O)C(NC(=O)CN1C(=O)C=CC1=O)C(=O)NCC(=O)NCCCC(=O)O. The highest BCUT2D eigenvalue weighted by Gasteiger charge is 2.38. The zero-order valence-corrected chi connectivity index (χ0v) is 26.2. The lowest BCUT2D eigenvalue weighted by Gasteiger charge is -2.28. The molecule has 270 valence electrons. The molecule has 22 nitrogen and oxygen atoms in total. The minimum Gasteiger partial charge on any atom is -0.481 e. The monoisotopic (exact) mass is 706 g/mol. The van der Waals surface area contributed by atoms with Crippen molar-refractivity contribution >= 4 is 71.0 Å². The van der Waals surface area contributed by atoms with Crippen LogP contribution in [0.1, 0.15) is 25.7 Å². The number of hydrogen-bond donors (Lipinski definition) is 8. The van der Waals surface area contributed by atoms with E-state index >= 15 is 0 Å². The Morgan fingerprint density at radius 3 is 1.14 bits per heavy atom. The Morgan fingerprint density at radius 1 is 0.520 bits per heavy atom. The molecule has 2 heterocycles. The molecule has 22 heteroatoms. The number of nitrogens with zero attached hydrogens (tertiary/aromatic N) is 2. The Kier molecular flexibility index (Phi) is 15.4. The number of carboxylic acid groups (broad SMARTS) is 2. The zero-order valence-electron chi connectivity index (χ0n) is 26.2. The lowest BCUT2D eigenvalue weighted by molar-refractivity contribution is -0.143. The van der Waals surface area contributed by atoms with E-state index in [2.05, 4.69) is 31.9 Å². The average Bonchev–Trinajstić information content (AvgIpc) is 3.54. The minimum atomic E-state index is -2.13. The van der Waals surface area contributed by atoms with Gasteiger partial charge in [0, 0.05) is 50.2 Å². The van der Waals surface area contributed by atoms with E-state index in [1.807, 2.05) is 0 Å². The van der Waals surface area contributed by atoms with E-state index in [9.17, 15) is 57.5 Å². The summed E-state index contributed by atoms with van der Waals surface area (Å²) in [5.41, 5.74) is 0. The summed E-state index contributed by atoms with van der Waals surface area (Å²) in [5, 5.41) is 30.5. The topological polar surface area (TPSA) is 324 Å². The van der Waals surface area contributed by atoms with Crippen molar-refractivity contribution in [1.82, 2.24) is 41.7 Å². The first-order valence-corrected chi connectivity index (χ1v) is 14.8. The molecule has 2 aliphatic rings. The van der Waals surface area contributed by atoms with Gasteiger partial charge in [-0.05, 0) is 12.8 Å². The zero-order chi connectivity index (χ0) is 37.4. The summed E-state index contributed by atoms with van der Waals surface area (Å²) in [5.74, 6) is -12.4. The molecule has 0 saturated carbocycles. The molecule has 8 N–H and O–H groups in total. The normalized spacial score (nSPS) is 14.6. The maximum absolute atomic E-state index is 13.4. The second kappa shape index (κ2) is 19.4. The van der Waals surface area contributed by atoms with Crippen LogP contribution in [0.4, 0.5) is 0 Å². The van der Waals surface area contributed by atoms with Crippen LogP contribution in [-0.4, -0.2) is 142 Å². The third-order valence-corrected chi connectivity index (χ3v) is 6.56. The third kappa shape index (κ3) is 13.3. The van der Waals surface area contributed by atoms with Gasteiger partial charge >= 0.3 is 11.9 Å². The smallest absolute Gasteiger partial charge is 0.303 e. The fourth-order valence-corrected chi connectivity index (χ4v) is 4.11. The number of imide groups is 2. The summed E-state index contributed by atoms with van der Waals surface area (Å²) in [7, 11) is 0. The fourth-order valence-electron chi connectivity index (χ4n) is 4.11. The van der Waals surface area contributed by atoms with Gasteiger partial charge in [-0.2, -0.15) is 0 Å². The molecule has 10 amide bonds. The molecule has 0 bridgehead atoms. The van der Waals surface area contributed by atoms with Gasteiger partial charge in [-0.25, -0.2) is 0 Å². The predicted octanol–water partition coefficient (Wildman–Crippen LogP) is -6.00. The number of amides is 10. The van der Waals surface area contributed by atoms with Crippen LogP contribution in [0.3, 0.4) is 0 Å². The van der Waals surface area contributed by atoms with Crippen molar-refractivity contribution in [3.05, 3.63) is 24.3 Å². The first-order chi connectivity index (χ1) is 23.6. The van der Waals surface area contributed by atoms with Crippen LogP contribution >= 0.6 is 0 Å². The van der Waals surface area contributed by atoms with E-state index < -0.39 is 109 Å². The molecule has 0 saturated heterocycles. The highest BCUT2D eigenvalue weighted by molar-refractivity contribution is 6.15. The van der Waals surface area contributed by atoms with Crippen molar-refractivity contribution in [1.29, 1.82) is 0 Å². The molecule has 0 fully saturated rings. The molecule has 2 rings (SSSR count). The summed E-state index contributed by atoms with van der Waals surface area (Å²) < 4.78 is 0. The highest BCUT2D eigenvalue weighted by Crippen LogP contribution is 2.06. The highest BCUT2D eigenvalue weighted by atomic mass is 16.4. The van der Waals surface area contributed by atoms with E-state index in [0.717, 1.165) is 24.3 Å². The van der Waals surface area contributed by atoms with Crippen molar-refractivity contribution < 1.29 is 67.7 Å². The Bertz CT molecular complexity index is 1360. The molecule has 0 aromatic rings. The van der Waals surface area contributed by atoms with E-state index in [4.69, 9.17) is 10.2 Å². The average molecular weight is 707 g/mol. The van der Waals surface area contributed by atoms with Crippen LogP contribution in [0.5, 0.6) is 0 Å². The van der Waals surface area contributed by atoms with Gasteiger partial charge in [0.05, 0.1) is 13.1 Å². The van der Waals surface area contributed by atoms with Crippen LogP contribution in [-0.2, 0) is 57.5 Å². The van der Waals surface area contributed by atoms with Gasteiger partial charge in [-0.1, -0.05) is 0 Å². The van der Waals surface area contributed by atoms with Crippen molar-refractivity contribution in [2.75, 3.05) is 39.3 Å². The molecule has 0 spiro atoms. The Hall–Kier alpha value is -6.48. The second-order valence-corrected chi connectivity index (χ2v) is 10.4. The summed E-state index contributed by atoms with van der Waals surface area (Å²) in [6.07, 6.45) is 3.05. The molecule has 0 aliphatic carbocycles. The number of aliphatic carboxylic acids is 2. The van der Waals surface area contributed by atoms with Gasteiger partial charge in [0.25, 0.3) is 23.6 Å². The molecule has 0 radical (unpaired) electrons. The van der Waals surface area contributed by atoms with Gasteiger partial charge < -0.3 is 42.1 Å². The summed E-state index contributed by atoms with van der Waals surface area (Å²) >= 11 is 0. The van der Waals surface area contributed by atoms with Crippen LogP contribution in [0.2, 0.25) is 0 Å². The summed E-state index contributed by atoms with van der Waals surface area (Å²) in [4.78, 5) is 147. The first-order valence-electron chi connectivity index (χ1n) is 14.8. The quantitative estimate of drug-likeness (QED) is 0.0407. The van der Waals surface area contributed by atoms with Gasteiger partial charge in [0.15, 0.2) is 0 Å². The lowest BCUT2D eigenvalue weighted by atomic mass is 10.1. The number of carboxylic acids is 2. The van der Waals surface area contributed by atoms with Crippen molar-refractivity contribution in [2.24, 2.45) is 0 Å². The number of carbonyl (C=O) groups is 12. The minimum absolute atomic E-state index is 0.0510. The molecular formula is C28H34N8O14. The molecule has 2 unspecified atom stereocenters. The van der Waals surface area contributed by atoms with Crippen LogP contribution in [0.25, 0.3) is 0 Å². The Balaban J connectivity index is 2.28. The van der Waals surface area contributed by atoms with Gasteiger partial charge in [-0.3, -0.25) is 67.3 Å². The third-order valence-electron chi connectivity index (χ3n) is 6.56. The Morgan fingerprint density at radius 2 is 0.840 bits per heavy atom. The van der Waals surface area contributed by atoms with Crippen LogP contribution in [0, 0.1) is 0 Å². The lowest BCUT2D eigenvalue weighted by Crippen LogP contribution is -2.65. The summed E-state index contributed by atoms with van der Waals surface area (Å²) in [6.45, 7) is -3.65. The van der Waals surface area contributed by atoms with Gasteiger partial charge in [0.2, 0.25) is 35.4 Å². The van der Waals surface area contributed by atoms with E-state index in [0.29, 0.717) is 9.80 Å². The second-order valence-electron chi connectivity index (χ2n) is 10.4. The van der Waals surface area contributed by atoms with E-state index in [-0.39, 0.29) is 38.8 Å². The van der Waals surface area contributed by atoms with Crippen molar-refractivity contribution in [3.8, 4) is 0 Å². The molecule has 0 aromatic carbocycles. The number of nitrogens with one attached hydrogen (secondary N) is 6. The van der Waals surface area contributed by atoms with Crippen LogP contribution < -0.4 is 31.9 Å². The fraction of sp³-hybridized carbons (Fsp3) is 0.429. The van der Waals surface area contributed by atoms with Crippen molar-refractivity contribution in [2.45, 2.75) is 37.8 Å². The first kappa shape index (κ1) is 39.7. The van der Waals surface area contributed by atoms with E-state index in [1.165, 1.54) is 0 Å². The van der Waals surface area contributed by atoms with E-state index in [1.54, 1.807) is 0 Å². The maximum Gasteiger partial charge on any atom is 0.303 e. The van der Waals surface area contributed by atoms with Crippen molar-refractivity contribution in [3.63, 3.8) is 0 Å². The summed E-state index contributed by atoms with van der Waals surface area (Å²) in [6, 6.07) is -4.26. The predicted molar refractivity (Wildman–Crippen MR) is 161 cm³/mol. The molecule has 50 heavy (non-hydrogen) atoms. The molecule has 2 atom stereocenters. The molecule has 0 aromatic heterocycles. The maximum atomic E-state index is 13.4. The van der Waals surface area contributed by atoms with Gasteiger partial charge in [-0.15, -0.1) is 0 Å². The standard InChI is InChI=1S/C28H34N8O14/c37-15(29-9-1-3-23(45)46)11-31-27(49)25(33-17(39)13-35-19(41)5-6-20(35)42)26(34-18(40)14-36-21(43)7-8-22(36)44)28(50)32-12-16(38)30-10-2-4-24(47)48/h5-8,25-26H,1-4,9-14H2,(H,29,37)(H,30,38)(H,31,49)(H,32,50)(H,33,39)(H,34,40)(H,45,46)(H,47,48). The van der Waals surface area contributed by atoms with Gasteiger partial charge in [0.1, 0.15) is 25.2 Å². The molecular weight excluding hydrogens is 672 g/mol.